The number of β-amino-alcohol motifs (C(OH)–C–C–N with tert-alkyl or cyclic N) is 1. The summed E-state index contributed by atoms with van der Waals surface area (Å²) in [4.78, 5) is 20.6. The van der Waals surface area contributed by atoms with Crippen molar-refractivity contribution in [1.82, 2.24) is 20.6 Å². The predicted molar refractivity (Wildman–Crippen MR) is 86.3 cm³/mol. The topological polar surface area (TPSA) is 87.1 Å². The molecule has 1 aromatic carbocycles. The second kappa shape index (κ2) is 7.30. The third kappa shape index (κ3) is 4.12. The normalized spacial score (nSPS) is 20.4. The third-order valence-electron chi connectivity index (χ3n) is 3.99. The summed E-state index contributed by atoms with van der Waals surface area (Å²) in [5.41, 5.74) is 2.53. The first-order chi connectivity index (χ1) is 11.2. The summed E-state index contributed by atoms with van der Waals surface area (Å²) < 4.78 is 0. The summed E-state index contributed by atoms with van der Waals surface area (Å²) in [6, 6.07) is 9.82. The molecule has 3 rings (SSSR count). The van der Waals surface area contributed by atoms with Crippen molar-refractivity contribution in [1.29, 1.82) is 0 Å². The van der Waals surface area contributed by atoms with Gasteiger partial charge in [-0.15, -0.1) is 0 Å². The number of nitrogens with zero attached hydrogens (tertiary/aromatic N) is 2. The van der Waals surface area contributed by atoms with Gasteiger partial charge in [0.25, 0.3) is 0 Å². The molecule has 1 saturated heterocycles. The van der Waals surface area contributed by atoms with E-state index in [9.17, 15) is 9.90 Å². The molecule has 6 nitrogen and oxygen atoms in total. The molecule has 3 N–H and O–H groups in total. The molecule has 0 unspecified atom stereocenters. The number of rotatable bonds is 5. The van der Waals surface area contributed by atoms with E-state index in [-0.39, 0.29) is 11.8 Å². The Hall–Kier alpha value is -2.31. The van der Waals surface area contributed by atoms with E-state index in [0.717, 1.165) is 11.3 Å². The molecule has 2 heterocycles. The summed E-state index contributed by atoms with van der Waals surface area (Å²) in [5, 5.41) is 15.6. The van der Waals surface area contributed by atoms with Gasteiger partial charge in [0.15, 0.2) is 0 Å². The van der Waals surface area contributed by atoms with Crippen LogP contribution in [-0.4, -0.2) is 40.2 Å². The molecule has 0 aliphatic carbocycles. The van der Waals surface area contributed by atoms with Crippen LogP contribution < -0.4 is 10.6 Å². The summed E-state index contributed by atoms with van der Waals surface area (Å²) in [6.45, 7) is 1.59. The van der Waals surface area contributed by atoms with Crippen LogP contribution in [0.2, 0.25) is 0 Å². The van der Waals surface area contributed by atoms with Crippen molar-refractivity contribution in [3.63, 3.8) is 0 Å². The van der Waals surface area contributed by atoms with Gasteiger partial charge in [0.1, 0.15) is 0 Å². The Morgan fingerprint density at radius 2 is 2.04 bits per heavy atom. The Morgan fingerprint density at radius 1 is 1.22 bits per heavy atom. The highest BCUT2D eigenvalue weighted by atomic mass is 16.3. The number of hydrogen-bond acceptors (Lipinski definition) is 5. The average molecular weight is 312 g/mol. The maximum Gasteiger partial charge on any atom is 0.220 e. The molecule has 0 bridgehead atoms. The van der Waals surface area contributed by atoms with Gasteiger partial charge in [-0.05, 0) is 0 Å². The Bertz CT molecular complexity index is 645. The minimum Gasteiger partial charge on any atom is -0.391 e. The van der Waals surface area contributed by atoms with Gasteiger partial charge >= 0.3 is 0 Å². The quantitative estimate of drug-likeness (QED) is 0.758. The van der Waals surface area contributed by atoms with Crippen LogP contribution in [0.25, 0.3) is 11.3 Å². The summed E-state index contributed by atoms with van der Waals surface area (Å²) >= 11 is 0. The Balaban J connectivity index is 1.51. The zero-order valence-corrected chi connectivity index (χ0v) is 12.8. The van der Waals surface area contributed by atoms with Crippen LogP contribution in [0, 0.1) is 5.92 Å². The van der Waals surface area contributed by atoms with Crippen LogP contribution in [0.5, 0.6) is 0 Å². The number of aliphatic hydroxyl groups excluding tert-OH is 1. The highest BCUT2D eigenvalue weighted by Gasteiger charge is 2.26. The lowest BCUT2D eigenvalue weighted by atomic mass is 10.0. The second-order valence-corrected chi connectivity index (χ2v) is 5.73. The fourth-order valence-electron chi connectivity index (χ4n) is 2.63. The molecule has 1 aromatic heterocycles. The molecule has 120 valence electrons. The van der Waals surface area contributed by atoms with Crippen molar-refractivity contribution in [2.45, 2.75) is 19.1 Å². The van der Waals surface area contributed by atoms with Crippen molar-refractivity contribution >= 4 is 5.91 Å². The van der Waals surface area contributed by atoms with Crippen molar-refractivity contribution in [2.75, 3.05) is 13.1 Å². The highest BCUT2D eigenvalue weighted by Crippen LogP contribution is 2.15. The van der Waals surface area contributed by atoms with Crippen LogP contribution in [-0.2, 0) is 11.3 Å². The van der Waals surface area contributed by atoms with Gasteiger partial charge in [-0.1, -0.05) is 30.3 Å². The summed E-state index contributed by atoms with van der Waals surface area (Å²) in [5.74, 6) is -0.0896. The molecule has 1 aliphatic heterocycles. The Labute approximate surface area is 135 Å². The fourth-order valence-corrected chi connectivity index (χ4v) is 2.63. The highest BCUT2D eigenvalue weighted by molar-refractivity contribution is 5.76. The van der Waals surface area contributed by atoms with Crippen LogP contribution >= 0.6 is 0 Å². The second-order valence-electron chi connectivity index (χ2n) is 5.73. The smallest absolute Gasteiger partial charge is 0.220 e. The molecule has 6 heteroatoms. The molecular weight excluding hydrogens is 292 g/mol. The maximum atomic E-state index is 11.9. The molecule has 0 radical (unpaired) electrons. The maximum absolute atomic E-state index is 11.9. The van der Waals surface area contributed by atoms with Crippen LogP contribution in [0.3, 0.4) is 0 Å². The number of aliphatic hydroxyl groups is 1. The van der Waals surface area contributed by atoms with Crippen molar-refractivity contribution < 1.29 is 9.90 Å². The molecule has 1 amide bonds. The summed E-state index contributed by atoms with van der Waals surface area (Å²) in [6.07, 6.45) is 3.27. The van der Waals surface area contributed by atoms with Crippen molar-refractivity contribution in [3.05, 3.63) is 48.4 Å². The van der Waals surface area contributed by atoms with Crippen molar-refractivity contribution in [3.8, 4) is 11.3 Å². The summed E-state index contributed by atoms with van der Waals surface area (Å²) in [7, 11) is 0. The number of carbonyl (C=O) groups is 1. The molecule has 1 fully saturated rings. The number of amides is 1. The minimum absolute atomic E-state index is 0.0125. The van der Waals surface area contributed by atoms with E-state index >= 15 is 0 Å². The van der Waals surface area contributed by atoms with Crippen molar-refractivity contribution in [2.24, 2.45) is 5.92 Å². The molecule has 0 spiro atoms. The first-order valence-electron chi connectivity index (χ1n) is 7.74. The van der Waals surface area contributed by atoms with E-state index in [0.29, 0.717) is 31.7 Å². The Kier molecular flexibility index (Phi) is 4.95. The number of benzene rings is 1. The van der Waals surface area contributed by atoms with Gasteiger partial charge in [-0.2, -0.15) is 0 Å². The van der Waals surface area contributed by atoms with Crippen LogP contribution in [0.4, 0.5) is 0 Å². The standard InChI is InChI=1S/C17H20N4O2/c22-16-11-18-7-13(16)6-17(23)21-9-14-8-20-15(10-19-14)12-4-2-1-3-5-12/h1-5,8,10,13,16,18,22H,6-7,9,11H2,(H,21,23)/t13-,16-/m1/s1. The number of carbonyl (C=O) groups excluding carboxylic acids is 1. The number of aromatic nitrogens is 2. The van der Waals surface area contributed by atoms with Gasteiger partial charge < -0.3 is 15.7 Å². The largest absolute Gasteiger partial charge is 0.391 e. The van der Waals surface area contributed by atoms with Gasteiger partial charge in [-0.25, -0.2) is 0 Å². The SMILES string of the molecule is O=C(C[C@@H]1CNC[C@H]1O)NCc1cnc(-c2ccccc2)cn1. The number of hydrogen-bond donors (Lipinski definition) is 3. The monoisotopic (exact) mass is 312 g/mol. The fraction of sp³-hybridized carbons (Fsp3) is 0.353. The van der Waals surface area contributed by atoms with E-state index in [2.05, 4.69) is 20.6 Å². The van der Waals surface area contributed by atoms with E-state index in [1.807, 2.05) is 30.3 Å². The lowest BCUT2D eigenvalue weighted by Crippen LogP contribution is -2.29. The van der Waals surface area contributed by atoms with Gasteiger partial charge in [0, 0.05) is 31.0 Å². The van der Waals surface area contributed by atoms with Gasteiger partial charge in [-0.3, -0.25) is 14.8 Å². The predicted octanol–water partition coefficient (Wildman–Crippen LogP) is 0.730. The van der Waals surface area contributed by atoms with E-state index in [4.69, 9.17) is 0 Å². The van der Waals surface area contributed by atoms with Gasteiger partial charge in [0.2, 0.25) is 5.91 Å². The lowest BCUT2D eigenvalue weighted by Gasteiger charge is -2.12. The zero-order chi connectivity index (χ0) is 16.1. The molecule has 0 saturated carbocycles. The lowest BCUT2D eigenvalue weighted by molar-refractivity contribution is -0.122. The van der Waals surface area contributed by atoms with Gasteiger partial charge in [0.05, 0.1) is 36.4 Å². The van der Waals surface area contributed by atoms with E-state index in [1.54, 1.807) is 12.4 Å². The first kappa shape index (κ1) is 15.6. The molecule has 2 aromatic rings. The molecular formula is C17H20N4O2. The molecule has 1 aliphatic rings. The number of nitrogens with one attached hydrogen (secondary N) is 2. The minimum atomic E-state index is -0.439. The van der Waals surface area contributed by atoms with E-state index < -0.39 is 6.10 Å². The van der Waals surface area contributed by atoms with E-state index in [1.165, 1.54) is 0 Å². The molecule has 23 heavy (non-hydrogen) atoms. The van der Waals surface area contributed by atoms with Crippen LogP contribution in [0.15, 0.2) is 42.7 Å². The molecule has 2 atom stereocenters. The zero-order valence-electron chi connectivity index (χ0n) is 12.8. The average Bonchev–Trinajstić information content (AvgIpc) is 2.99. The van der Waals surface area contributed by atoms with Crippen LogP contribution in [0.1, 0.15) is 12.1 Å². The first-order valence-corrected chi connectivity index (χ1v) is 7.74. The Morgan fingerprint density at radius 3 is 2.70 bits per heavy atom. The third-order valence-corrected chi connectivity index (χ3v) is 3.99.